The van der Waals surface area contributed by atoms with Gasteiger partial charge >= 0.3 is 0 Å². The van der Waals surface area contributed by atoms with Gasteiger partial charge in [-0.2, -0.15) is 11.8 Å². The van der Waals surface area contributed by atoms with Crippen LogP contribution in [0.2, 0.25) is 5.02 Å². The first-order valence-corrected chi connectivity index (χ1v) is 9.68. The van der Waals surface area contributed by atoms with Crippen LogP contribution in [0.5, 0.6) is 0 Å². The first-order chi connectivity index (χ1) is 11.1. The van der Waals surface area contributed by atoms with Crippen LogP contribution in [0.3, 0.4) is 0 Å². The first-order valence-electron chi connectivity index (χ1n) is 7.90. The fraction of sp³-hybridized carbons (Fsp3) is 0.529. The first kappa shape index (κ1) is 16.8. The number of aliphatic imine (C=N–C) groups is 1. The summed E-state index contributed by atoms with van der Waals surface area (Å²) in [6.45, 7) is 0. The molecule has 124 valence electrons. The molecular formula is C17H21ClN2O2S. The predicted molar refractivity (Wildman–Crippen MR) is 95.4 cm³/mol. The molecule has 1 fully saturated rings. The molecule has 6 heteroatoms. The van der Waals surface area contributed by atoms with Crippen LogP contribution in [0.25, 0.3) is 0 Å². The zero-order valence-corrected chi connectivity index (χ0v) is 14.7. The molecule has 1 saturated carbocycles. The molecule has 3 atom stereocenters. The second-order valence-corrected chi connectivity index (χ2v) is 7.49. The number of amides is 1. The maximum Gasteiger partial charge on any atom is 0.245 e. The monoisotopic (exact) mass is 352 g/mol. The third-order valence-corrected chi connectivity index (χ3v) is 5.62. The fourth-order valence-electron chi connectivity index (χ4n) is 3.53. The number of benzene rings is 1. The number of nitrogens with one attached hydrogen (secondary N) is 1. The van der Waals surface area contributed by atoms with Gasteiger partial charge in [-0.25, -0.2) is 0 Å². The van der Waals surface area contributed by atoms with E-state index >= 15 is 0 Å². The van der Waals surface area contributed by atoms with E-state index in [0.717, 1.165) is 17.7 Å². The Morgan fingerprint density at radius 3 is 3.00 bits per heavy atom. The van der Waals surface area contributed by atoms with E-state index in [1.165, 1.54) is 0 Å². The number of hydrogen-bond donors (Lipinski definition) is 2. The van der Waals surface area contributed by atoms with Gasteiger partial charge < -0.3 is 10.4 Å². The van der Waals surface area contributed by atoms with Gasteiger partial charge in [0, 0.05) is 10.6 Å². The average Bonchev–Trinajstić information content (AvgIpc) is 2.54. The number of thioether (sulfide) groups is 1. The van der Waals surface area contributed by atoms with Gasteiger partial charge in [0.15, 0.2) is 0 Å². The standard InChI is InChI=1S/C17H21ClN2O2S/c1-23-10-8-13-16(22)20-17(11-5-2-3-6-12(11)18)9-4-7-14(21)15(17)19-13/h2-3,5-6,13-14,21H,4,7-10H2,1H3,(H,20,22)/t13?,14-,17-/m1/s1. The summed E-state index contributed by atoms with van der Waals surface area (Å²) in [4.78, 5) is 17.3. The largest absolute Gasteiger partial charge is 0.387 e. The molecule has 2 aliphatic rings. The van der Waals surface area contributed by atoms with E-state index in [2.05, 4.69) is 10.3 Å². The predicted octanol–water partition coefficient (Wildman–Crippen LogP) is 2.77. The summed E-state index contributed by atoms with van der Waals surface area (Å²) >= 11 is 8.09. The van der Waals surface area contributed by atoms with Crippen LogP contribution < -0.4 is 5.32 Å². The van der Waals surface area contributed by atoms with Crippen molar-refractivity contribution in [3.8, 4) is 0 Å². The van der Waals surface area contributed by atoms with E-state index in [1.54, 1.807) is 11.8 Å². The van der Waals surface area contributed by atoms with E-state index in [0.29, 0.717) is 30.0 Å². The Balaban J connectivity index is 2.07. The highest BCUT2D eigenvalue weighted by molar-refractivity contribution is 7.98. The Bertz CT molecular complexity index is 637. The molecule has 0 bridgehead atoms. The molecule has 23 heavy (non-hydrogen) atoms. The molecule has 4 nitrogen and oxygen atoms in total. The van der Waals surface area contributed by atoms with Crippen molar-refractivity contribution in [2.24, 2.45) is 4.99 Å². The van der Waals surface area contributed by atoms with Crippen LogP contribution in [0, 0.1) is 0 Å². The molecule has 1 heterocycles. The van der Waals surface area contributed by atoms with E-state index in [9.17, 15) is 9.90 Å². The summed E-state index contributed by atoms with van der Waals surface area (Å²) < 4.78 is 0. The van der Waals surface area contributed by atoms with Gasteiger partial charge in [0.05, 0.1) is 11.8 Å². The highest BCUT2D eigenvalue weighted by Crippen LogP contribution is 2.41. The van der Waals surface area contributed by atoms with E-state index < -0.39 is 17.7 Å². The lowest BCUT2D eigenvalue weighted by Gasteiger charge is -2.45. The third kappa shape index (κ3) is 3.02. The van der Waals surface area contributed by atoms with Crippen molar-refractivity contribution in [2.45, 2.75) is 43.4 Å². The number of carbonyl (C=O) groups excluding carboxylic acids is 1. The van der Waals surface area contributed by atoms with Crippen molar-refractivity contribution in [1.29, 1.82) is 0 Å². The highest BCUT2D eigenvalue weighted by atomic mass is 35.5. The molecule has 2 N–H and O–H groups in total. The molecule has 1 aliphatic carbocycles. The average molecular weight is 353 g/mol. The molecular weight excluding hydrogens is 332 g/mol. The lowest BCUT2D eigenvalue weighted by atomic mass is 9.72. The maximum atomic E-state index is 12.6. The van der Waals surface area contributed by atoms with E-state index in [4.69, 9.17) is 11.6 Å². The van der Waals surface area contributed by atoms with Gasteiger partial charge in [-0.1, -0.05) is 29.8 Å². The second kappa shape index (κ2) is 6.83. The van der Waals surface area contributed by atoms with Crippen molar-refractivity contribution < 1.29 is 9.90 Å². The number of fused-ring (bicyclic) bond motifs is 1. The number of aliphatic hydroxyl groups is 1. The SMILES string of the molecule is CSCCC1N=C2[C@H](O)CCC[C@]2(c2ccccc2Cl)NC1=O. The van der Waals surface area contributed by atoms with Crippen molar-refractivity contribution in [3.63, 3.8) is 0 Å². The topological polar surface area (TPSA) is 61.7 Å². The van der Waals surface area contributed by atoms with Gasteiger partial charge in [-0.15, -0.1) is 0 Å². The summed E-state index contributed by atoms with van der Waals surface area (Å²) in [5, 5.41) is 14.3. The van der Waals surface area contributed by atoms with Crippen LogP contribution in [0.15, 0.2) is 29.3 Å². The number of halogens is 1. The minimum atomic E-state index is -0.761. The summed E-state index contributed by atoms with van der Waals surface area (Å²) in [6.07, 6.45) is 4.28. The number of nitrogens with zero attached hydrogens (tertiary/aromatic N) is 1. The minimum absolute atomic E-state index is 0.0724. The van der Waals surface area contributed by atoms with Gasteiger partial charge in [0.1, 0.15) is 11.6 Å². The zero-order valence-electron chi connectivity index (χ0n) is 13.1. The Hall–Kier alpha value is -1.04. The van der Waals surface area contributed by atoms with E-state index in [1.807, 2.05) is 30.5 Å². The molecule has 1 amide bonds. The van der Waals surface area contributed by atoms with Crippen LogP contribution in [0.4, 0.5) is 0 Å². The molecule has 0 aromatic heterocycles. The number of hydrogen-bond acceptors (Lipinski definition) is 4. The Morgan fingerprint density at radius 1 is 1.48 bits per heavy atom. The molecule has 1 unspecified atom stereocenters. The normalized spacial score (nSPS) is 30.4. The van der Waals surface area contributed by atoms with E-state index in [-0.39, 0.29) is 5.91 Å². The molecule has 1 aliphatic heterocycles. The zero-order chi connectivity index (χ0) is 16.4. The Labute approximate surface area is 145 Å². The molecule has 0 spiro atoms. The summed E-state index contributed by atoms with van der Waals surface area (Å²) in [5.74, 6) is 0.793. The molecule has 1 aromatic rings. The van der Waals surface area contributed by atoms with Crippen LogP contribution in [-0.2, 0) is 10.3 Å². The highest BCUT2D eigenvalue weighted by Gasteiger charge is 2.49. The molecule has 1 aromatic carbocycles. The fourth-order valence-corrected chi connectivity index (χ4v) is 4.28. The van der Waals surface area contributed by atoms with Gasteiger partial charge in [0.25, 0.3) is 0 Å². The smallest absolute Gasteiger partial charge is 0.245 e. The van der Waals surface area contributed by atoms with Crippen LogP contribution in [0.1, 0.15) is 31.2 Å². The number of carbonyl (C=O) groups is 1. The van der Waals surface area contributed by atoms with Crippen molar-refractivity contribution in [1.82, 2.24) is 5.32 Å². The lowest BCUT2D eigenvalue weighted by Crippen LogP contribution is -2.62. The van der Waals surface area contributed by atoms with Gasteiger partial charge in [-0.05, 0) is 43.8 Å². The van der Waals surface area contributed by atoms with Crippen molar-refractivity contribution in [2.75, 3.05) is 12.0 Å². The van der Waals surface area contributed by atoms with Crippen molar-refractivity contribution >= 4 is 35.0 Å². The van der Waals surface area contributed by atoms with Crippen LogP contribution >= 0.6 is 23.4 Å². The third-order valence-electron chi connectivity index (χ3n) is 4.65. The lowest BCUT2D eigenvalue weighted by molar-refractivity contribution is -0.124. The van der Waals surface area contributed by atoms with Gasteiger partial charge in [-0.3, -0.25) is 9.79 Å². The minimum Gasteiger partial charge on any atom is -0.387 e. The number of rotatable bonds is 4. The number of aliphatic hydroxyl groups excluding tert-OH is 1. The molecule has 0 saturated heterocycles. The quantitative estimate of drug-likeness (QED) is 0.875. The summed E-state index contributed by atoms with van der Waals surface area (Å²) in [5.41, 5.74) is 0.738. The second-order valence-electron chi connectivity index (χ2n) is 6.09. The molecule has 0 radical (unpaired) electrons. The Kier molecular flexibility index (Phi) is 4.99. The van der Waals surface area contributed by atoms with Gasteiger partial charge in [0.2, 0.25) is 5.91 Å². The summed E-state index contributed by atoms with van der Waals surface area (Å²) in [6, 6.07) is 7.08. The van der Waals surface area contributed by atoms with Crippen LogP contribution in [-0.4, -0.2) is 40.9 Å². The Morgan fingerprint density at radius 2 is 2.26 bits per heavy atom. The van der Waals surface area contributed by atoms with Crippen molar-refractivity contribution in [3.05, 3.63) is 34.9 Å². The maximum absolute atomic E-state index is 12.6. The molecule has 3 rings (SSSR count). The summed E-state index contributed by atoms with van der Waals surface area (Å²) in [7, 11) is 0.